The molecular weight excluding hydrogens is 368 g/mol. The van der Waals surface area contributed by atoms with Gasteiger partial charge in [0.05, 0.1) is 24.7 Å². The van der Waals surface area contributed by atoms with Crippen molar-refractivity contribution >= 4 is 29.3 Å². The Kier molecular flexibility index (Phi) is 7.53. The Morgan fingerprint density at radius 1 is 1.37 bits per heavy atom. The highest BCUT2D eigenvalue weighted by molar-refractivity contribution is 5.86. The average molecular weight is 397 g/mol. The number of halogens is 1. The SMILES string of the molecule is CCOc1cccc2cc(C(C)NC(=O)C3(COC)CCNCC3)oc12.Cl. The minimum Gasteiger partial charge on any atom is -0.490 e. The number of nitrogens with one attached hydrogen (secondary N) is 2. The van der Waals surface area contributed by atoms with E-state index in [1.54, 1.807) is 7.11 Å². The third kappa shape index (κ3) is 4.57. The van der Waals surface area contributed by atoms with Crippen LogP contribution in [0.1, 0.15) is 38.5 Å². The van der Waals surface area contributed by atoms with Crippen molar-refractivity contribution in [2.75, 3.05) is 33.4 Å². The topological polar surface area (TPSA) is 72.7 Å². The molecule has 1 unspecified atom stereocenters. The fourth-order valence-electron chi connectivity index (χ4n) is 3.58. The molecule has 0 spiro atoms. The Morgan fingerprint density at radius 3 is 2.78 bits per heavy atom. The zero-order valence-corrected chi connectivity index (χ0v) is 17.0. The third-order valence-electron chi connectivity index (χ3n) is 5.06. The van der Waals surface area contributed by atoms with Crippen molar-refractivity contribution in [3.8, 4) is 5.75 Å². The molecule has 1 saturated heterocycles. The predicted molar refractivity (Wildman–Crippen MR) is 108 cm³/mol. The van der Waals surface area contributed by atoms with E-state index in [0.29, 0.717) is 13.2 Å². The number of rotatable bonds is 7. The minimum absolute atomic E-state index is 0. The molecule has 1 atom stereocenters. The summed E-state index contributed by atoms with van der Waals surface area (Å²) in [5, 5.41) is 7.40. The fourth-order valence-corrected chi connectivity index (χ4v) is 3.58. The highest BCUT2D eigenvalue weighted by atomic mass is 35.5. The molecule has 1 amide bonds. The van der Waals surface area contributed by atoms with E-state index in [0.717, 1.165) is 48.4 Å². The molecule has 1 fully saturated rings. The van der Waals surface area contributed by atoms with Crippen LogP contribution in [0.2, 0.25) is 0 Å². The third-order valence-corrected chi connectivity index (χ3v) is 5.06. The molecule has 3 rings (SSSR count). The zero-order chi connectivity index (χ0) is 18.6. The van der Waals surface area contributed by atoms with Crippen LogP contribution >= 0.6 is 12.4 Å². The number of hydrogen-bond acceptors (Lipinski definition) is 5. The molecule has 2 N–H and O–H groups in total. The van der Waals surface area contributed by atoms with Crippen LogP contribution in [-0.2, 0) is 9.53 Å². The molecule has 0 saturated carbocycles. The van der Waals surface area contributed by atoms with E-state index >= 15 is 0 Å². The van der Waals surface area contributed by atoms with Gasteiger partial charge in [-0.3, -0.25) is 4.79 Å². The standard InChI is InChI=1S/C20H28N2O4.ClH/c1-4-25-16-7-5-6-15-12-17(26-18(15)16)14(2)22-19(23)20(13-24-3)8-10-21-11-9-20;/h5-7,12,14,21H,4,8-11,13H2,1-3H3,(H,22,23);1H. The van der Waals surface area contributed by atoms with E-state index in [-0.39, 0.29) is 24.4 Å². The van der Waals surface area contributed by atoms with E-state index in [2.05, 4.69) is 10.6 Å². The van der Waals surface area contributed by atoms with Gasteiger partial charge >= 0.3 is 0 Å². The summed E-state index contributed by atoms with van der Waals surface area (Å²) in [7, 11) is 1.65. The number of hydrogen-bond donors (Lipinski definition) is 2. The van der Waals surface area contributed by atoms with E-state index in [9.17, 15) is 4.79 Å². The first kappa shape index (κ1) is 21.5. The highest BCUT2D eigenvalue weighted by Crippen LogP contribution is 2.33. The molecule has 0 bridgehead atoms. The summed E-state index contributed by atoms with van der Waals surface area (Å²) in [4.78, 5) is 13.0. The van der Waals surface area contributed by atoms with Gasteiger partial charge in [0, 0.05) is 12.5 Å². The van der Waals surface area contributed by atoms with Crippen molar-refractivity contribution in [2.24, 2.45) is 5.41 Å². The molecule has 0 radical (unpaired) electrons. The van der Waals surface area contributed by atoms with Gasteiger partial charge in [-0.25, -0.2) is 0 Å². The number of carbonyl (C=O) groups is 1. The average Bonchev–Trinajstić information content (AvgIpc) is 3.08. The Morgan fingerprint density at radius 2 is 2.11 bits per heavy atom. The summed E-state index contributed by atoms with van der Waals surface area (Å²) >= 11 is 0. The Balaban J connectivity index is 0.00000261. The zero-order valence-electron chi connectivity index (χ0n) is 16.2. The second kappa shape index (κ2) is 9.44. The van der Waals surface area contributed by atoms with E-state index in [1.807, 2.05) is 38.1 Å². The lowest BCUT2D eigenvalue weighted by molar-refractivity contribution is -0.137. The lowest BCUT2D eigenvalue weighted by Crippen LogP contribution is -2.50. The summed E-state index contributed by atoms with van der Waals surface area (Å²) in [6.45, 7) is 6.55. The van der Waals surface area contributed by atoms with Crippen molar-refractivity contribution < 1.29 is 18.7 Å². The lowest BCUT2D eigenvalue weighted by atomic mass is 9.78. The number of amides is 1. The van der Waals surface area contributed by atoms with Gasteiger partial charge in [-0.15, -0.1) is 12.4 Å². The number of carbonyl (C=O) groups excluding carboxylic acids is 1. The maximum atomic E-state index is 13.0. The molecule has 2 heterocycles. The van der Waals surface area contributed by atoms with Gasteiger partial charge in [0.1, 0.15) is 5.76 Å². The fraction of sp³-hybridized carbons (Fsp3) is 0.550. The van der Waals surface area contributed by atoms with Gasteiger partial charge in [-0.2, -0.15) is 0 Å². The number of benzene rings is 1. The van der Waals surface area contributed by atoms with Crippen LogP contribution in [0, 0.1) is 5.41 Å². The molecule has 1 aromatic heterocycles. The molecule has 7 heteroatoms. The Labute approximate surface area is 166 Å². The number of fused-ring (bicyclic) bond motifs is 1. The van der Waals surface area contributed by atoms with E-state index in [1.165, 1.54) is 0 Å². The monoisotopic (exact) mass is 396 g/mol. The molecule has 1 aromatic carbocycles. The van der Waals surface area contributed by atoms with Crippen LogP contribution in [-0.4, -0.2) is 39.3 Å². The van der Waals surface area contributed by atoms with Crippen LogP contribution in [0.3, 0.4) is 0 Å². The molecule has 6 nitrogen and oxygen atoms in total. The van der Waals surface area contributed by atoms with Crippen LogP contribution in [0.4, 0.5) is 0 Å². The maximum Gasteiger partial charge on any atom is 0.229 e. The molecule has 1 aliphatic rings. The molecule has 2 aromatic rings. The molecule has 27 heavy (non-hydrogen) atoms. The maximum absolute atomic E-state index is 13.0. The quantitative estimate of drug-likeness (QED) is 0.749. The van der Waals surface area contributed by atoms with Gasteiger partial charge < -0.3 is 24.5 Å². The predicted octanol–water partition coefficient (Wildman–Crippen LogP) is 3.45. The Hall–Kier alpha value is -1.76. The van der Waals surface area contributed by atoms with Crippen LogP contribution in [0.15, 0.2) is 28.7 Å². The van der Waals surface area contributed by atoms with Gasteiger partial charge in [0.25, 0.3) is 0 Å². The largest absolute Gasteiger partial charge is 0.490 e. The first-order valence-corrected chi connectivity index (χ1v) is 9.25. The number of furan rings is 1. The van der Waals surface area contributed by atoms with Crippen molar-refractivity contribution in [1.82, 2.24) is 10.6 Å². The van der Waals surface area contributed by atoms with Crippen molar-refractivity contribution in [2.45, 2.75) is 32.7 Å². The van der Waals surface area contributed by atoms with Gasteiger partial charge in [0.15, 0.2) is 11.3 Å². The van der Waals surface area contributed by atoms with Crippen LogP contribution < -0.4 is 15.4 Å². The second-order valence-electron chi connectivity index (χ2n) is 6.91. The molecule has 0 aliphatic carbocycles. The summed E-state index contributed by atoms with van der Waals surface area (Å²) in [6, 6.07) is 7.56. The number of para-hydroxylation sites is 1. The van der Waals surface area contributed by atoms with Crippen LogP contribution in [0.25, 0.3) is 11.0 Å². The van der Waals surface area contributed by atoms with E-state index < -0.39 is 5.41 Å². The highest BCUT2D eigenvalue weighted by Gasteiger charge is 2.40. The lowest BCUT2D eigenvalue weighted by Gasteiger charge is -2.36. The van der Waals surface area contributed by atoms with Gasteiger partial charge in [-0.1, -0.05) is 12.1 Å². The van der Waals surface area contributed by atoms with Crippen LogP contribution in [0.5, 0.6) is 5.75 Å². The molecule has 150 valence electrons. The molecule has 1 aliphatic heterocycles. The minimum atomic E-state index is -0.475. The summed E-state index contributed by atoms with van der Waals surface area (Å²) in [5.41, 5.74) is 0.246. The van der Waals surface area contributed by atoms with Crippen molar-refractivity contribution in [1.29, 1.82) is 0 Å². The molecular formula is C20H29ClN2O4. The number of piperidine rings is 1. The van der Waals surface area contributed by atoms with E-state index in [4.69, 9.17) is 13.9 Å². The normalized spacial score (nSPS) is 17.1. The van der Waals surface area contributed by atoms with Gasteiger partial charge in [0.2, 0.25) is 5.91 Å². The van der Waals surface area contributed by atoms with Crippen molar-refractivity contribution in [3.63, 3.8) is 0 Å². The summed E-state index contributed by atoms with van der Waals surface area (Å²) < 4.78 is 17.0. The first-order valence-electron chi connectivity index (χ1n) is 9.25. The van der Waals surface area contributed by atoms with Crippen molar-refractivity contribution in [3.05, 3.63) is 30.0 Å². The second-order valence-corrected chi connectivity index (χ2v) is 6.91. The summed E-state index contributed by atoms with van der Waals surface area (Å²) in [6.07, 6.45) is 1.54. The number of methoxy groups -OCH3 is 1. The summed E-state index contributed by atoms with van der Waals surface area (Å²) in [5.74, 6) is 1.48. The van der Waals surface area contributed by atoms with Gasteiger partial charge in [-0.05, 0) is 51.9 Å². The Bertz CT molecular complexity index is 750. The smallest absolute Gasteiger partial charge is 0.229 e. The first-order chi connectivity index (χ1) is 12.6. The number of ether oxygens (including phenoxy) is 2.